The first-order chi connectivity index (χ1) is 7.19. The summed E-state index contributed by atoms with van der Waals surface area (Å²) in [5.41, 5.74) is 7.91. The summed E-state index contributed by atoms with van der Waals surface area (Å²) in [5, 5.41) is 0. The summed E-state index contributed by atoms with van der Waals surface area (Å²) in [7, 11) is 0. The van der Waals surface area contributed by atoms with E-state index in [0.29, 0.717) is 0 Å². The van der Waals surface area contributed by atoms with Crippen LogP contribution in [0.3, 0.4) is 0 Å². The van der Waals surface area contributed by atoms with Gasteiger partial charge in [0, 0.05) is 22.3 Å². The summed E-state index contributed by atoms with van der Waals surface area (Å²) in [4.78, 5) is 2.43. The van der Waals surface area contributed by atoms with Crippen LogP contribution < -0.4 is 10.6 Å². The van der Waals surface area contributed by atoms with Crippen molar-refractivity contribution in [3.63, 3.8) is 0 Å². The van der Waals surface area contributed by atoms with E-state index in [1.165, 1.54) is 22.1 Å². The second-order valence-corrected chi connectivity index (χ2v) is 4.86. The van der Waals surface area contributed by atoms with Gasteiger partial charge in [-0.3, -0.25) is 0 Å². The Morgan fingerprint density at radius 1 is 1.20 bits per heavy atom. The SMILES string of the molecule is CCCN(CCC)c1ccc(N)cc1I. The van der Waals surface area contributed by atoms with Gasteiger partial charge in [0.15, 0.2) is 0 Å². The zero-order chi connectivity index (χ0) is 11.3. The molecule has 1 rings (SSSR count). The van der Waals surface area contributed by atoms with Gasteiger partial charge < -0.3 is 10.6 Å². The lowest BCUT2D eigenvalue weighted by molar-refractivity contribution is 0.743. The third-order valence-corrected chi connectivity index (χ3v) is 3.16. The molecular weight excluding hydrogens is 299 g/mol. The molecule has 2 N–H and O–H groups in total. The summed E-state index contributed by atoms with van der Waals surface area (Å²) in [6.45, 7) is 6.67. The number of nitrogen functional groups attached to an aromatic ring is 1. The van der Waals surface area contributed by atoms with Crippen LogP contribution in [-0.2, 0) is 0 Å². The molecule has 84 valence electrons. The van der Waals surface area contributed by atoms with Gasteiger partial charge in [0.25, 0.3) is 0 Å². The number of anilines is 2. The predicted octanol–water partition coefficient (Wildman–Crippen LogP) is 3.50. The molecule has 3 heteroatoms. The predicted molar refractivity (Wildman–Crippen MR) is 76.4 cm³/mol. The largest absolute Gasteiger partial charge is 0.399 e. The average molecular weight is 318 g/mol. The van der Waals surface area contributed by atoms with Crippen LogP contribution in [-0.4, -0.2) is 13.1 Å². The number of hydrogen-bond donors (Lipinski definition) is 1. The van der Waals surface area contributed by atoms with Crippen LogP contribution in [0.4, 0.5) is 11.4 Å². The van der Waals surface area contributed by atoms with Crippen LogP contribution in [0, 0.1) is 3.57 Å². The van der Waals surface area contributed by atoms with Crippen molar-refractivity contribution in [2.45, 2.75) is 26.7 Å². The lowest BCUT2D eigenvalue weighted by Gasteiger charge is -2.25. The molecule has 2 nitrogen and oxygen atoms in total. The van der Waals surface area contributed by atoms with Gasteiger partial charge in [-0.15, -0.1) is 0 Å². The molecule has 0 spiro atoms. The Labute approximate surface area is 106 Å². The first-order valence-corrected chi connectivity index (χ1v) is 6.56. The summed E-state index contributed by atoms with van der Waals surface area (Å²) in [6.07, 6.45) is 2.36. The Morgan fingerprint density at radius 2 is 1.80 bits per heavy atom. The lowest BCUT2D eigenvalue weighted by Crippen LogP contribution is -2.25. The fraction of sp³-hybridized carbons (Fsp3) is 0.500. The minimum atomic E-state index is 0.844. The zero-order valence-electron chi connectivity index (χ0n) is 9.46. The van der Waals surface area contributed by atoms with Gasteiger partial charge >= 0.3 is 0 Å². The van der Waals surface area contributed by atoms with E-state index in [2.05, 4.69) is 47.4 Å². The van der Waals surface area contributed by atoms with Crippen molar-refractivity contribution in [1.82, 2.24) is 0 Å². The maximum Gasteiger partial charge on any atom is 0.0503 e. The van der Waals surface area contributed by atoms with Crippen LogP contribution in [0.25, 0.3) is 0 Å². The van der Waals surface area contributed by atoms with E-state index in [9.17, 15) is 0 Å². The van der Waals surface area contributed by atoms with Gasteiger partial charge in [-0.05, 0) is 53.6 Å². The number of benzene rings is 1. The molecule has 0 saturated carbocycles. The van der Waals surface area contributed by atoms with Crippen LogP contribution in [0.1, 0.15) is 26.7 Å². The molecule has 0 aromatic heterocycles. The maximum atomic E-state index is 5.75. The van der Waals surface area contributed by atoms with Crippen LogP contribution in [0.2, 0.25) is 0 Å². The highest BCUT2D eigenvalue weighted by Crippen LogP contribution is 2.25. The highest BCUT2D eigenvalue weighted by molar-refractivity contribution is 14.1. The molecule has 0 unspecified atom stereocenters. The number of halogens is 1. The normalized spacial score (nSPS) is 10.3. The molecular formula is C12H19IN2. The Balaban J connectivity index is 2.89. The van der Waals surface area contributed by atoms with Gasteiger partial charge in [-0.25, -0.2) is 0 Å². The minimum absolute atomic E-state index is 0.844. The molecule has 0 radical (unpaired) electrons. The highest BCUT2D eigenvalue weighted by atomic mass is 127. The molecule has 0 amide bonds. The fourth-order valence-electron chi connectivity index (χ4n) is 1.67. The third kappa shape index (κ3) is 3.55. The van der Waals surface area contributed by atoms with E-state index < -0.39 is 0 Å². The molecule has 0 aliphatic rings. The van der Waals surface area contributed by atoms with Crippen molar-refractivity contribution in [2.24, 2.45) is 0 Å². The average Bonchev–Trinajstić information content (AvgIpc) is 2.17. The zero-order valence-corrected chi connectivity index (χ0v) is 11.6. The van der Waals surface area contributed by atoms with Crippen LogP contribution in [0.15, 0.2) is 18.2 Å². The standard InChI is InChI=1S/C12H19IN2/c1-3-7-15(8-4-2)12-6-5-10(14)9-11(12)13/h5-6,9H,3-4,7-8,14H2,1-2H3. The van der Waals surface area contributed by atoms with E-state index in [4.69, 9.17) is 5.73 Å². The van der Waals surface area contributed by atoms with Crippen molar-refractivity contribution < 1.29 is 0 Å². The highest BCUT2D eigenvalue weighted by Gasteiger charge is 2.08. The molecule has 1 aromatic carbocycles. The summed E-state index contributed by atoms with van der Waals surface area (Å²) in [6, 6.07) is 6.15. The lowest BCUT2D eigenvalue weighted by atomic mass is 10.2. The van der Waals surface area contributed by atoms with E-state index in [-0.39, 0.29) is 0 Å². The molecule has 0 aliphatic heterocycles. The molecule has 0 heterocycles. The number of nitrogens with zero attached hydrogens (tertiary/aromatic N) is 1. The maximum absolute atomic E-state index is 5.75. The first-order valence-electron chi connectivity index (χ1n) is 5.49. The monoisotopic (exact) mass is 318 g/mol. The van der Waals surface area contributed by atoms with Gasteiger partial charge in [0.1, 0.15) is 0 Å². The van der Waals surface area contributed by atoms with Crippen molar-refractivity contribution in [1.29, 1.82) is 0 Å². The van der Waals surface area contributed by atoms with E-state index >= 15 is 0 Å². The van der Waals surface area contributed by atoms with Crippen molar-refractivity contribution in [3.05, 3.63) is 21.8 Å². The molecule has 0 saturated heterocycles. The molecule has 15 heavy (non-hydrogen) atoms. The summed E-state index contributed by atoms with van der Waals surface area (Å²) in [5.74, 6) is 0. The Hall–Kier alpha value is -0.450. The van der Waals surface area contributed by atoms with Gasteiger partial charge in [-0.1, -0.05) is 13.8 Å². The van der Waals surface area contributed by atoms with Crippen molar-refractivity contribution in [3.8, 4) is 0 Å². The molecule has 0 aliphatic carbocycles. The van der Waals surface area contributed by atoms with E-state index in [1.807, 2.05) is 12.1 Å². The van der Waals surface area contributed by atoms with Gasteiger partial charge in [0.05, 0.1) is 5.69 Å². The Bertz CT molecular complexity index is 306. The fourth-order valence-corrected chi connectivity index (χ4v) is 2.55. The number of hydrogen-bond acceptors (Lipinski definition) is 2. The topological polar surface area (TPSA) is 29.3 Å². The first kappa shape index (κ1) is 12.6. The van der Waals surface area contributed by atoms with Gasteiger partial charge in [0.2, 0.25) is 0 Å². The van der Waals surface area contributed by atoms with E-state index in [1.54, 1.807) is 0 Å². The summed E-state index contributed by atoms with van der Waals surface area (Å²) < 4.78 is 1.24. The number of nitrogens with two attached hydrogens (primary N) is 1. The second-order valence-electron chi connectivity index (χ2n) is 3.70. The van der Waals surface area contributed by atoms with Crippen molar-refractivity contribution in [2.75, 3.05) is 23.7 Å². The quantitative estimate of drug-likeness (QED) is 0.665. The number of rotatable bonds is 5. The van der Waals surface area contributed by atoms with Crippen molar-refractivity contribution >= 4 is 34.0 Å². The minimum Gasteiger partial charge on any atom is -0.399 e. The smallest absolute Gasteiger partial charge is 0.0503 e. The second kappa shape index (κ2) is 6.20. The van der Waals surface area contributed by atoms with Crippen LogP contribution in [0.5, 0.6) is 0 Å². The summed E-state index contributed by atoms with van der Waals surface area (Å²) >= 11 is 2.36. The molecule has 1 aromatic rings. The molecule has 0 bridgehead atoms. The Morgan fingerprint density at radius 3 is 2.27 bits per heavy atom. The Kier molecular flexibility index (Phi) is 5.22. The van der Waals surface area contributed by atoms with Crippen LogP contribution >= 0.6 is 22.6 Å². The molecule has 0 atom stereocenters. The third-order valence-electron chi connectivity index (χ3n) is 2.30. The van der Waals surface area contributed by atoms with E-state index in [0.717, 1.165) is 18.8 Å². The molecule has 0 fully saturated rings. The van der Waals surface area contributed by atoms with Gasteiger partial charge in [-0.2, -0.15) is 0 Å².